The summed E-state index contributed by atoms with van der Waals surface area (Å²) >= 11 is 0. The van der Waals surface area contributed by atoms with Gasteiger partial charge in [0.1, 0.15) is 0 Å². The topological polar surface area (TPSA) is 215 Å². The Bertz CT molecular complexity index is 1430. The standard InChI is InChI=1S/C30H53N3O3.C16H28N4O8/c1-9-32(28(34)20-19-27-17-15-26(5)16-18-27)23-30(6,7)24-36-22-21-31(8)33(10-2)29(35)14-12-11-13-25(3)4;21-13(22)9-17-1-2-18(10-14(23)24)5-6-20(12-16(27)28)8-7-19(4-3-17)11-15(25)26/h15-18,25H,9-14,19-24H2,1-8H3;1-12H2,(H,21,22)(H,23,24)(H,25,26)(H,27,28). The van der Waals surface area contributed by atoms with Crippen LogP contribution in [-0.4, -0.2) is 216 Å². The first kappa shape index (κ1) is 57.8. The van der Waals surface area contributed by atoms with Gasteiger partial charge in [0.05, 0.1) is 39.4 Å². The predicted octanol–water partition coefficient (Wildman–Crippen LogP) is 3.28. The van der Waals surface area contributed by atoms with E-state index in [4.69, 9.17) is 25.2 Å². The molecule has 1 aromatic rings. The second-order valence-electron chi connectivity index (χ2n) is 17.9. The first-order valence-electron chi connectivity index (χ1n) is 22.8. The quantitative estimate of drug-likeness (QED) is 0.0776. The number of amides is 2. The second kappa shape index (κ2) is 31.6. The molecule has 2 rings (SSSR count). The lowest BCUT2D eigenvalue weighted by atomic mass is 9.93. The third-order valence-electron chi connectivity index (χ3n) is 10.9. The Kier molecular flexibility index (Phi) is 28.6. The van der Waals surface area contributed by atoms with Crippen molar-refractivity contribution in [3.05, 3.63) is 35.4 Å². The smallest absolute Gasteiger partial charge is 0.317 e. The van der Waals surface area contributed by atoms with Crippen LogP contribution in [0.2, 0.25) is 0 Å². The van der Waals surface area contributed by atoms with Crippen molar-refractivity contribution in [2.75, 3.05) is 125 Å². The van der Waals surface area contributed by atoms with Gasteiger partial charge < -0.3 is 30.1 Å². The minimum Gasteiger partial charge on any atom is -0.480 e. The molecule has 18 nitrogen and oxygen atoms in total. The van der Waals surface area contributed by atoms with Crippen LogP contribution in [0.4, 0.5) is 0 Å². The maximum absolute atomic E-state index is 12.9. The number of nitrogens with zero attached hydrogens (tertiary/aromatic N) is 7. The molecular formula is C46H81N7O11. The number of hydrogen-bond donors (Lipinski definition) is 4. The zero-order valence-corrected chi connectivity index (χ0v) is 40.1. The van der Waals surface area contributed by atoms with Crippen LogP contribution in [-0.2, 0) is 39.9 Å². The zero-order chi connectivity index (χ0) is 48.2. The molecule has 18 heteroatoms. The van der Waals surface area contributed by atoms with E-state index in [2.05, 4.69) is 58.9 Å². The van der Waals surface area contributed by atoms with E-state index in [9.17, 15) is 28.8 Å². The number of ether oxygens (including phenoxy) is 1. The summed E-state index contributed by atoms with van der Waals surface area (Å²) in [7, 11) is 1.95. The summed E-state index contributed by atoms with van der Waals surface area (Å²) in [4.78, 5) is 78.3. The Morgan fingerprint density at radius 3 is 1.48 bits per heavy atom. The highest BCUT2D eigenvalue weighted by molar-refractivity contribution is 5.76. The zero-order valence-electron chi connectivity index (χ0n) is 40.1. The van der Waals surface area contributed by atoms with Gasteiger partial charge in [-0.1, -0.05) is 70.4 Å². The first-order valence-corrected chi connectivity index (χ1v) is 22.8. The number of rotatable bonds is 26. The second-order valence-corrected chi connectivity index (χ2v) is 17.9. The lowest BCUT2D eigenvalue weighted by Gasteiger charge is -2.33. The number of hydrogen-bond acceptors (Lipinski definition) is 12. The van der Waals surface area contributed by atoms with Gasteiger partial charge in [0, 0.05) is 104 Å². The maximum Gasteiger partial charge on any atom is 0.317 e. The van der Waals surface area contributed by atoms with Gasteiger partial charge in [-0.25, -0.2) is 5.01 Å². The van der Waals surface area contributed by atoms with Crippen LogP contribution in [0.25, 0.3) is 0 Å². The highest BCUT2D eigenvalue weighted by Gasteiger charge is 2.25. The Morgan fingerprint density at radius 1 is 0.672 bits per heavy atom. The van der Waals surface area contributed by atoms with E-state index in [1.54, 1.807) is 19.6 Å². The molecule has 2 amide bonds. The largest absolute Gasteiger partial charge is 0.480 e. The van der Waals surface area contributed by atoms with Crippen LogP contribution in [0.1, 0.15) is 84.8 Å². The summed E-state index contributed by atoms with van der Waals surface area (Å²) in [5.74, 6) is -3.01. The molecule has 0 aliphatic carbocycles. The van der Waals surface area contributed by atoms with Crippen molar-refractivity contribution in [1.29, 1.82) is 0 Å². The number of aryl methyl sites for hydroxylation is 2. The summed E-state index contributed by atoms with van der Waals surface area (Å²) < 4.78 is 6.02. The third kappa shape index (κ3) is 27.2. The number of unbranched alkanes of at least 4 members (excludes halogenated alkanes) is 1. The van der Waals surface area contributed by atoms with Gasteiger partial charge in [0.2, 0.25) is 11.8 Å². The van der Waals surface area contributed by atoms with E-state index < -0.39 is 23.9 Å². The molecule has 1 aliphatic heterocycles. The molecule has 1 saturated heterocycles. The van der Waals surface area contributed by atoms with Crippen LogP contribution in [0.15, 0.2) is 24.3 Å². The van der Waals surface area contributed by atoms with E-state index in [1.165, 1.54) is 17.5 Å². The first-order chi connectivity index (χ1) is 30.1. The van der Waals surface area contributed by atoms with Gasteiger partial charge in [-0.2, -0.15) is 0 Å². The summed E-state index contributed by atoms with van der Waals surface area (Å²) in [6.07, 6.45) is 5.12. The maximum atomic E-state index is 12.9. The van der Waals surface area contributed by atoms with E-state index in [-0.39, 0.29) is 43.4 Å². The fourth-order valence-corrected chi connectivity index (χ4v) is 7.31. The Labute approximate surface area is 382 Å². The van der Waals surface area contributed by atoms with E-state index in [0.29, 0.717) is 111 Å². The monoisotopic (exact) mass is 908 g/mol. The van der Waals surface area contributed by atoms with Crippen LogP contribution >= 0.6 is 0 Å². The van der Waals surface area contributed by atoms with E-state index >= 15 is 0 Å². The van der Waals surface area contributed by atoms with Gasteiger partial charge in [0.15, 0.2) is 0 Å². The van der Waals surface area contributed by atoms with Crippen LogP contribution in [0.3, 0.4) is 0 Å². The average molecular weight is 908 g/mol. The Hall–Kier alpha value is -4.20. The predicted molar refractivity (Wildman–Crippen MR) is 246 cm³/mol. The SMILES string of the molecule is CCN(CC(C)(C)COCCN(C)N(CC)C(=O)CCCCC(C)C)C(=O)CCc1ccc(C)cc1.O=C(O)CN1CCN(CC(=O)O)CCN(CC(=O)O)CCN(CC(=O)O)CC1. The van der Waals surface area contributed by atoms with Crippen molar-refractivity contribution in [3.8, 4) is 0 Å². The number of likely N-dealkylation sites (N-methyl/N-ethyl adjacent to an activating group) is 1. The molecule has 0 saturated carbocycles. The van der Waals surface area contributed by atoms with Gasteiger partial charge in [-0.05, 0) is 45.1 Å². The van der Waals surface area contributed by atoms with Crippen molar-refractivity contribution >= 4 is 35.7 Å². The van der Waals surface area contributed by atoms with Crippen molar-refractivity contribution in [2.45, 2.75) is 87.0 Å². The van der Waals surface area contributed by atoms with Crippen LogP contribution < -0.4 is 0 Å². The lowest BCUT2D eigenvalue weighted by molar-refractivity contribution is -0.148. The Morgan fingerprint density at radius 2 is 1.11 bits per heavy atom. The fourth-order valence-electron chi connectivity index (χ4n) is 7.31. The number of aliphatic carboxylic acids is 4. The van der Waals surface area contributed by atoms with Gasteiger partial charge >= 0.3 is 23.9 Å². The highest BCUT2D eigenvalue weighted by Crippen LogP contribution is 2.19. The molecule has 0 spiro atoms. The minimum atomic E-state index is -1.02. The minimum absolute atomic E-state index is 0.148. The number of carbonyl (C=O) groups excluding carboxylic acids is 2. The van der Waals surface area contributed by atoms with E-state index in [1.807, 2.05) is 35.8 Å². The molecular weight excluding hydrogens is 827 g/mol. The molecule has 1 aliphatic rings. The molecule has 1 heterocycles. The molecule has 64 heavy (non-hydrogen) atoms. The van der Waals surface area contributed by atoms with Crippen molar-refractivity contribution < 1.29 is 53.9 Å². The van der Waals surface area contributed by atoms with Crippen molar-refractivity contribution in [1.82, 2.24) is 34.5 Å². The molecule has 0 bridgehead atoms. The Balaban J connectivity index is 0.000000660. The molecule has 0 unspecified atom stereocenters. The fraction of sp³-hybridized carbons (Fsp3) is 0.739. The molecule has 1 fully saturated rings. The highest BCUT2D eigenvalue weighted by atomic mass is 16.5. The summed E-state index contributed by atoms with van der Waals surface area (Å²) in [6.45, 7) is 20.2. The third-order valence-corrected chi connectivity index (χ3v) is 10.9. The number of hydrazine groups is 1. The lowest BCUT2D eigenvalue weighted by Crippen LogP contribution is -2.49. The molecule has 1 aromatic carbocycles. The van der Waals surface area contributed by atoms with E-state index in [0.717, 1.165) is 19.3 Å². The number of carboxylic acids is 4. The average Bonchev–Trinajstić information content (AvgIpc) is 3.20. The number of benzene rings is 1. The summed E-state index contributed by atoms with van der Waals surface area (Å²) in [5.41, 5.74) is 2.29. The van der Waals surface area contributed by atoms with Crippen LogP contribution in [0, 0.1) is 18.3 Å². The van der Waals surface area contributed by atoms with Crippen molar-refractivity contribution in [2.24, 2.45) is 11.3 Å². The number of carboxylic acid groups (broad SMARTS) is 4. The molecule has 4 N–H and O–H groups in total. The van der Waals surface area contributed by atoms with Gasteiger partial charge in [-0.15, -0.1) is 0 Å². The molecule has 366 valence electrons. The normalized spacial score (nSPS) is 15.2. The summed E-state index contributed by atoms with van der Waals surface area (Å²) in [6, 6.07) is 8.40. The molecule has 0 aromatic heterocycles. The van der Waals surface area contributed by atoms with Gasteiger partial charge in [0.25, 0.3) is 0 Å². The summed E-state index contributed by atoms with van der Waals surface area (Å²) in [5, 5.41) is 40.1. The molecule has 0 atom stereocenters. The van der Waals surface area contributed by atoms with Gasteiger partial charge in [-0.3, -0.25) is 53.4 Å². The molecule has 0 radical (unpaired) electrons. The van der Waals surface area contributed by atoms with Crippen molar-refractivity contribution in [3.63, 3.8) is 0 Å². The van der Waals surface area contributed by atoms with Crippen LogP contribution in [0.5, 0.6) is 0 Å². The number of carbonyl (C=O) groups is 6.